The van der Waals surface area contributed by atoms with E-state index >= 15 is 0 Å². The predicted octanol–water partition coefficient (Wildman–Crippen LogP) is 2.74. The molecule has 0 spiro atoms. The molecule has 2 aromatic rings. The lowest BCUT2D eigenvalue weighted by Crippen LogP contribution is -2.33. The van der Waals surface area contributed by atoms with Crippen LogP contribution in [0.2, 0.25) is 0 Å². The maximum absolute atomic E-state index is 12.2. The van der Waals surface area contributed by atoms with E-state index in [1.165, 1.54) is 0 Å². The van der Waals surface area contributed by atoms with Gasteiger partial charge in [-0.1, -0.05) is 12.1 Å². The van der Waals surface area contributed by atoms with E-state index in [4.69, 9.17) is 4.74 Å². The maximum Gasteiger partial charge on any atom is 0.338 e. The molecule has 116 valence electrons. The molecule has 0 unspecified atom stereocenters. The lowest BCUT2D eigenvalue weighted by Gasteiger charge is -2.13. The first-order valence-electron chi connectivity index (χ1n) is 6.96. The SMILES string of the molecule is O=C(OCCN1C(=O)c2ccccc2C1=O)c1ccc(I)cc1. The fraction of sp³-hybridized carbons (Fsp3) is 0.118. The lowest BCUT2D eigenvalue weighted by molar-refractivity contribution is 0.0420. The number of amides is 2. The zero-order valence-corrected chi connectivity index (χ0v) is 14.1. The van der Waals surface area contributed by atoms with Crippen LogP contribution in [0.4, 0.5) is 0 Å². The molecule has 6 heteroatoms. The summed E-state index contributed by atoms with van der Waals surface area (Å²) in [7, 11) is 0. The smallest absolute Gasteiger partial charge is 0.338 e. The fourth-order valence-corrected chi connectivity index (χ4v) is 2.70. The van der Waals surface area contributed by atoms with Crippen molar-refractivity contribution < 1.29 is 19.1 Å². The van der Waals surface area contributed by atoms with Crippen LogP contribution < -0.4 is 0 Å². The zero-order valence-electron chi connectivity index (χ0n) is 12.0. The van der Waals surface area contributed by atoms with Crippen molar-refractivity contribution in [1.29, 1.82) is 0 Å². The Bertz CT molecular complexity index is 750. The van der Waals surface area contributed by atoms with Crippen molar-refractivity contribution >= 4 is 40.4 Å². The van der Waals surface area contributed by atoms with Crippen LogP contribution in [0.3, 0.4) is 0 Å². The summed E-state index contributed by atoms with van der Waals surface area (Å²) in [5.74, 6) is -1.18. The Kier molecular flexibility index (Phi) is 4.42. The standard InChI is InChI=1S/C17H12INO4/c18-12-7-5-11(6-8-12)17(22)23-10-9-19-15(20)13-3-1-2-4-14(13)16(19)21/h1-8H,9-10H2. The Balaban J connectivity index is 1.60. The second kappa shape index (κ2) is 6.49. The summed E-state index contributed by atoms with van der Waals surface area (Å²) < 4.78 is 6.16. The van der Waals surface area contributed by atoms with Crippen molar-refractivity contribution in [3.05, 3.63) is 68.8 Å². The number of esters is 1. The summed E-state index contributed by atoms with van der Waals surface area (Å²) in [6.07, 6.45) is 0. The summed E-state index contributed by atoms with van der Waals surface area (Å²) in [5, 5.41) is 0. The minimum Gasteiger partial charge on any atom is -0.460 e. The van der Waals surface area contributed by atoms with Crippen LogP contribution >= 0.6 is 22.6 Å². The van der Waals surface area contributed by atoms with Gasteiger partial charge in [-0.3, -0.25) is 14.5 Å². The van der Waals surface area contributed by atoms with E-state index < -0.39 is 5.97 Å². The molecular weight excluding hydrogens is 409 g/mol. The molecule has 0 saturated heterocycles. The number of imide groups is 1. The van der Waals surface area contributed by atoms with Crippen molar-refractivity contribution in [3.8, 4) is 0 Å². The molecule has 0 aliphatic carbocycles. The van der Waals surface area contributed by atoms with Gasteiger partial charge in [-0.2, -0.15) is 0 Å². The Hall–Kier alpha value is -2.22. The molecule has 0 atom stereocenters. The van der Waals surface area contributed by atoms with Gasteiger partial charge in [0.15, 0.2) is 0 Å². The maximum atomic E-state index is 12.2. The monoisotopic (exact) mass is 421 g/mol. The summed E-state index contributed by atoms with van der Waals surface area (Å²) in [4.78, 5) is 37.3. The molecular formula is C17H12INO4. The number of nitrogens with zero attached hydrogens (tertiary/aromatic N) is 1. The molecule has 1 aliphatic rings. The van der Waals surface area contributed by atoms with Gasteiger partial charge in [-0.15, -0.1) is 0 Å². The second-order valence-corrected chi connectivity index (χ2v) is 6.20. The van der Waals surface area contributed by atoms with Crippen molar-refractivity contribution in [1.82, 2.24) is 4.90 Å². The van der Waals surface area contributed by atoms with Crippen molar-refractivity contribution in [2.75, 3.05) is 13.2 Å². The number of hydrogen-bond donors (Lipinski definition) is 0. The molecule has 0 N–H and O–H groups in total. The highest BCUT2D eigenvalue weighted by molar-refractivity contribution is 14.1. The Morgan fingerprint density at radius 2 is 1.52 bits per heavy atom. The largest absolute Gasteiger partial charge is 0.460 e. The average molecular weight is 421 g/mol. The van der Waals surface area contributed by atoms with Crippen molar-refractivity contribution in [2.24, 2.45) is 0 Å². The van der Waals surface area contributed by atoms with Gasteiger partial charge in [-0.25, -0.2) is 4.79 Å². The van der Waals surface area contributed by atoms with E-state index in [1.807, 2.05) is 0 Å². The number of hydrogen-bond acceptors (Lipinski definition) is 4. The van der Waals surface area contributed by atoms with Gasteiger partial charge in [0.25, 0.3) is 11.8 Å². The summed E-state index contributed by atoms with van der Waals surface area (Å²) in [6, 6.07) is 13.6. The van der Waals surface area contributed by atoms with E-state index in [9.17, 15) is 14.4 Å². The molecule has 0 radical (unpaired) electrons. The Morgan fingerprint density at radius 3 is 2.09 bits per heavy atom. The Morgan fingerprint density at radius 1 is 0.957 bits per heavy atom. The molecule has 3 rings (SSSR count). The zero-order chi connectivity index (χ0) is 16.4. The molecule has 0 bridgehead atoms. The first-order valence-corrected chi connectivity index (χ1v) is 8.04. The summed E-state index contributed by atoms with van der Waals surface area (Å²) >= 11 is 2.15. The van der Waals surface area contributed by atoms with E-state index in [0.717, 1.165) is 8.47 Å². The number of ether oxygens (including phenoxy) is 1. The van der Waals surface area contributed by atoms with E-state index in [0.29, 0.717) is 16.7 Å². The van der Waals surface area contributed by atoms with Crippen LogP contribution in [0.1, 0.15) is 31.1 Å². The number of carbonyl (C=O) groups is 3. The van der Waals surface area contributed by atoms with Crippen molar-refractivity contribution in [3.63, 3.8) is 0 Å². The fourth-order valence-electron chi connectivity index (χ4n) is 2.34. The Labute approximate surface area is 146 Å². The van der Waals surface area contributed by atoms with Crippen molar-refractivity contribution in [2.45, 2.75) is 0 Å². The van der Waals surface area contributed by atoms with Gasteiger partial charge in [0.05, 0.1) is 23.2 Å². The average Bonchev–Trinajstić information content (AvgIpc) is 2.81. The minimum atomic E-state index is -0.474. The minimum absolute atomic E-state index is 0.0315. The summed E-state index contributed by atoms with van der Waals surface area (Å²) in [5.41, 5.74) is 1.22. The van der Waals surface area contributed by atoms with Crippen LogP contribution in [0, 0.1) is 3.57 Å². The van der Waals surface area contributed by atoms with Crippen LogP contribution in [-0.4, -0.2) is 35.8 Å². The molecule has 0 saturated carbocycles. The van der Waals surface area contributed by atoms with Crippen LogP contribution in [0.5, 0.6) is 0 Å². The molecule has 5 nitrogen and oxygen atoms in total. The third-order valence-corrected chi connectivity index (χ3v) is 4.23. The number of carbonyl (C=O) groups excluding carboxylic acids is 3. The molecule has 1 heterocycles. The summed E-state index contributed by atoms with van der Waals surface area (Å²) in [6.45, 7) is 0.0126. The first-order chi connectivity index (χ1) is 11.1. The third-order valence-electron chi connectivity index (χ3n) is 3.51. The highest BCUT2D eigenvalue weighted by Gasteiger charge is 2.34. The second-order valence-electron chi connectivity index (χ2n) is 4.95. The number of fused-ring (bicyclic) bond motifs is 1. The van der Waals surface area contributed by atoms with Gasteiger partial charge in [0.1, 0.15) is 6.61 Å². The lowest BCUT2D eigenvalue weighted by atomic mass is 10.1. The van der Waals surface area contributed by atoms with Gasteiger partial charge in [0, 0.05) is 3.57 Å². The molecule has 2 aromatic carbocycles. The van der Waals surface area contributed by atoms with E-state index in [2.05, 4.69) is 22.6 Å². The highest BCUT2D eigenvalue weighted by Crippen LogP contribution is 2.22. The van der Waals surface area contributed by atoms with Gasteiger partial charge in [-0.05, 0) is 59.0 Å². The molecule has 2 amide bonds. The van der Waals surface area contributed by atoms with E-state index in [-0.39, 0.29) is 25.0 Å². The molecule has 0 fully saturated rings. The number of halogens is 1. The van der Waals surface area contributed by atoms with Crippen LogP contribution in [0.25, 0.3) is 0 Å². The number of benzene rings is 2. The molecule has 0 aromatic heterocycles. The first kappa shape index (κ1) is 15.7. The predicted molar refractivity (Wildman–Crippen MR) is 91.3 cm³/mol. The molecule has 1 aliphatic heterocycles. The third kappa shape index (κ3) is 3.12. The van der Waals surface area contributed by atoms with Gasteiger partial charge < -0.3 is 4.74 Å². The number of rotatable bonds is 4. The highest BCUT2D eigenvalue weighted by atomic mass is 127. The van der Waals surface area contributed by atoms with Gasteiger partial charge in [0.2, 0.25) is 0 Å². The normalized spacial score (nSPS) is 13.2. The van der Waals surface area contributed by atoms with Gasteiger partial charge >= 0.3 is 5.97 Å². The van der Waals surface area contributed by atoms with Crippen LogP contribution in [0.15, 0.2) is 48.5 Å². The quantitative estimate of drug-likeness (QED) is 0.433. The topological polar surface area (TPSA) is 63.7 Å². The van der Waals surface area contributed by atoms with E-state index in [1.54, 1.807) is 48.5 Å². The van der Waals surface area contributed by atoms with Crippen LogP contribution in [-0.2, 0) is 4.74 Å². The molecule has 23 heavy (non-hydrogen) atoms.